The maximum Gasteiger partial charge on any atom is 0.210 e. The van der Waals surface area contributed by atoms with E-state index in [2.05, 4.69) is 111 Å². The van der Waals surface area contributed by atoms with Crippen LogP contribution in [0.2, 0.25) is 0 Å². The number of fused-ring (bicyclic) bond motifs is 2. The van der Waals surface area contributed by atoms with Gasteiger partial charge in [0.2, 0.25) is 5.13 Å². The van der Waals surface area contributed by atoms with Crippen molar-refractivity contribution < 1.29 is 4.39 Å². The Bertz CT molecular complexity index is 1810. The van der Waals surface area contributed by atoms with Crippen molar-refractivity contribution in [2.24, 2.45) is 0 Å². The van der Waals surface area contributed by atoms with Crippen LogP contribution in [0.15, 0.2) is 109 Å². The lowest BCUT2D eigenvalue weighted by atomic mass is 9.84. The Morgan fingerprint density at radius 2 is 1.37 bits per heavy atom. The molecule has 0 aliphatic heterocycles. The van der Waals surface area contributed by atoms with E-state index in [1.807, 2.05) is 0 Å². The molecule has 0 aliphatic carbocycles. The number of H-pyrrole nitrogens is 2. The Morgan fingerprint density at radius 3 is 2.03 bits per heavy atom. The first-order valence-electron chi connectivity index (χ1n) is 12.3. The summed E-state index contributed by atoms with van der Waals surface area (Å²) in [5.74, 6) is -0.258. The van der Waals surface area contributed by atoms with Gasteiger partial charge in [0.25, 0.3) is 0 Å². The van der Waals surface area contributed by atoms with Crippen molar-refractivity contribution in [1.29, 1.82) is 0 Å². The van der Waals surface area contributed by atoms with E-state index in [-0.39, 0.29) is 11.7 Å². The van der Waals surface area contributed by atoms with Gasteiger partial charge in [-0.1, -0.05) is 78.1 Å². The van der Waals surface area contributed by atoms with Crippen molar-refractivity contribution in [1.82, 2.24) is 20.2 Å². The van der Waals surface area contributed by atoms with E-state index in [1.165, 1.54) is 50.9 Å². The molecule has 0 fully saturated rings. The summed E-state index contributed by atoms with van der Waals surface area (Å²) < 4.78 is 13.5. The summed E-state index contributed by atoms with van der Waals surface area (Å²) in [6.07, 6.45) is 4.25. The van der Waals surface area contributed by atoms with Gasteiger partial charge in [0.1, 0.15) is 10.8 Å². The minimum absolute atomic E-state index is 0.0379. The van der Waals surface area contributed by atoms with Gasteiger partial charge in [0, 0.05) is 51.4 Å². The lowest BCUT2D eigenvalue weighted by Gasteiger charge is -2.18. The van der Waals surface area contributed by atoms with Crippen molar-refractivity contribution in [3.8, 4) is 10.6 Å². The Hall–Kier alpha value is -4.75. The number of nitrogens with one attached hydrogen (secondary N) is 3. The molecule has 0 radical (unpaired) electrons. The molecule has 7 aromatic rings. The average Bonchev–Trinajstić information content (AvgIpc) is 3.69. The van der Waals surface area contributed by atoms with Gasteiger partial charge in [-0.15, -0.1) is 10.2 Å². The number of anilines is 2. The lowest BCUT2D eigenvalue weighted by molar-refractivity contribution is 0.628. The van der Waals surface area contributed by atoms with Gasteiger partial charge >= 0.3 is 0 Å². The molecule has 0 saturated heterocycles. The second kappa shape index (κ2) is 9.28. The second-order valence-corrected chi connectivity index (χ2v) is 10.2. The number of halogens is 1. The fraction of sp³-hybridized carbons (Fsp3) is 0.0323. The predicted molar refractivity (Wildman–Crippen MR) is 153 cm³/mol. The largest absolute Gasteiger partial charge is 0.361 e. The third kappa shape index (κ3) is 4.03. The fourth-order valence-electron chi connectivity index (χ4n) is 5.09. The molecular weight excluding hydrogens is 493 g/mol. The first-order valence-corrected chi connectivity index (χ1v) is 13.1. The number of aromatic nitrogens is 4. The van der Waals surface area contributed by atoms with Crippen LogP contribution in [0.3, 0.4) is 0 Å². The van der Waals surface area contributed by atoms with Crippen LogP contribution in [0, 0.1) is 5.82 Å². The Kier molecular flexibility index (Phi) is 5.48. The van der Waals surface area contributed by atoms with E-state index in [1.54, 1.807) is 12.1 Å². The standard InChI is InChI=1S/C31H22FN5S/c32-21-6-5-7-22(16-21)35-31-37-36-30(38-31)20-14-12-19(13-15-20)29(25-17-33-27-10-3-1-8-23(25)27)26-18-34-28-11-4-2-9-24(26)28/h1-18,29,33-34H,(H,35,37). The van der Waals surface area contributed by atoms with E-state index in [0.29, 0.717) is 10.8 Å². The van der Waals surface area contributed by atoms with Crippen LogP contribution in [0.25, 0.3) is 32.4 Å². The average molecular weight is 516 g/mol. The molecule has 0 saturated carbocycles. The van der Waals surface area contributed by atoms with E-state index in [4.69, 9.17) is 0 Å². The highest BCUT2D eigenvalue weighted by molar-refractivity contribution is 7.18. The molecule has 0 bridgehead atoms. The minimum Gasteiger partial charge on any atom is -0.361 e. The van der Waals surface area contributed by atoms with E-state index in [9.17, 15) is 4.39 Å². The molecule has 0 spiro atoms. The Morgan fingerprint density at radius 1 is 0.711 bits per heavy atom. The zero-order valence-electron chi connectivity index (χ0n) is 20.2. The molecule has 7 heteroatoms. The zero-order chi connectivity index (χ0) is 25.5. The van der Waals surface area contributed by atoms with Crippen LogP contribution < -0.4 is 5.32 Å². The summed E-state index contributed by atoms with van der Waals surface area (Å²) in [4.78, 5) is 6.91. The number of nitrogens with zero attached hydrogens (tertiary/aromatic N) is 2. The molecular formula is C31H22FN5S. The number of rotatable bonds is 6. The molecule has 0 aliphatic rings. The van der Waals surface area contributed by atoms with E-state index in [0.717, 1.165) is 21.6 Å². The van der Waals surface area contributed by atoms with Crippen molar-refractivity contribution >= 4 is 44.0 Å². The number of para-hydroxylation sites is 2. The topological polar surface area (TPSA) is 69.4 Å². The van der Waals surface area contributed by atoms with Gasteiger partial charge in [0.05, 0.1) is 0 Å². The third-order valence-electron chi connectivity index (χ3n) is 6.86. The SMILES string of the molecule is Fc1cccc(Nc2nnc(-c3ccc(C(c4c[nH]c5ccccc45)c4c[nH]c5ccccc45)cc3)s2)c1. The molecule has 5 nitrogen and oxygen atoms in total. The van der Waals surface area contributed by atoms with E-state index >= 15 is 0 Å². The lowest BCUT2D eigenvalue weighted by Crippen LogP contribution is -2.02. The van der Waals surface area contributed by atoms with Crippen LogP contribution in [0.1, 0.15) is 22.6 Å². The Balaban J connectivity index is 1.26. The number of aromatic amines is 2. The van der Waals surface area contributed by atoms with Crippen LogP contribution in [0.5, 0.6) is 0 Å². The smallest absolute Gasteiger partial charge is 0.210 e. The molecule has 3 heterocycles. The summed E-state index contributed by atoms with van der Waals surface area (Å²) in [7, 11) is 0. The molecule has 0 unspecified atom stereocenters. The number of benzene rings is 4. The molecule has 3 N–H and O–H groups in total. The summed E-state index contributed by atoms with van der Waals surface area (Å²) in [6.45, 7) is 0. The Labute approximate surface area is 222 Å². The molecule has 4 aromatic carbocycles. The van der Waals surface area contributed by atoms with Crippen molar-refractivity contribution in [3.05, 3.63) is 132 Å². The summed E-state index contributed by atoms with van der Waals surface area (Å²) in [5.41, 5.74) is 7.52. The summed E-state index contributed by atoms with van der Waals surface area (Å²) in [5, 5.41) is 15.6. The van der Waals surface area contributed by atoms with Crippen LogP contribution in [-0.4, -0.2) is 20.2 Å². The van der Waals surface area contributed by atoms with Crippen LogP contribution >= 0.6 is 11.3 Å². The molecule has 3 aromatic heterocycles. The van der Waals surface area contributed by atoms with Gasteiger partial charge in [-0.25, -0.2) is 4.39 Å². The zero-order valence-corrected chi connectivity index (χ0v) is 21.0. The van der Waals surface area contributed by atoms with Gasteiger partial charge < -0.3 is 15.3 Å². The molecule has 7 rings (SSSR count). The first kappa shape index (κ1) is 22.4. The van der Waals surface area contributed by atoms with Crippen LogP contribution in [-0.2, 0) is 0 Å². The van der Waals surface area contributed by atoms with Gasteiger partial charge in [-0.3, -0.25) is 0 Å². The highest BCUT2D eigenvalue weighted by Gasteiger charge is 2.23. The van der Waals surface area contributed by atoms with Crippen molar-refractivity contribution in [2.45, 2.75) is 5.92 Å². The second-order valence-electron chi connectivity index (χ2n) is 9.18. The minimum atomic E-state index is -0.296. The summed E-state index contributed by atoms with van der Waals surface area (Å²) in [6, 6.07) is 31.7. The van der Waals surface area contributed by atoms with Gasteiger partial charge in [0.15, 0.2) is 0 Å². The molecule has 0 atom stereocenters. The quantitative estimate of drug-likeness (QED) is 0.209. The number of hydrogen-bond donors (Lipinski definition) is 3. The van der Waals surface area contributed by atoms with Gasteiger partial charge in [-0.05, 0) is 47.0 Å². The third-order valence-corrected chi connectivity index (χ3v) is 7.74. The first-order chi connectivity index (χ1) is 18.7. The maximum atomic E-state index is 13.5. The van der Waals surface area contributed by atoms with E-state index < -0.39 is 0 Å². The molecule has 38 heavy (non-hydrogen) atoms. The highest BCUT2D eigenvalue weighted by Crippen LogP contribution is 2.40. The highest BCUT2D eigenvalue weighted by atomic mass is 32.1. The normalized spacial score (nSPS) is 11.5. The monoisotopic (exact) mass is 515 g/mol. The van der Waals surface area contributed by atoms with Crippen molar-refractivity contribution in [3.63, 3.8) is 0 Å². The van der Waals surface area contributed by atoms with Crippen molar-refractivity contribution in [2.75, 3.05) is 5.32 Å². The molecule has 184 valence electrons. The summed E-state index contributed by atoms with van der Waals surface area (Å²) >= 11 is 1.43. The number of hydrogen-bond acceptors (Lipinski definition) is 4. The predicted octanol–water partition coefficient (Wildman–Crippen LogP) is 8.23. The molecule has 0 amide bonds. The van der Waals surface area contributed by atoms with Gasteiger partial charge in [-0.2, -0.15) is 0 Å². The van der Waals surface area contributed by atoms with Crippen LogP contribution in [0.4, 0.5) is 15.2 Å². The maximum absolute atomic E-state index is 13.5. The fourth-order valence-corrected chi connectivity index (χ4v) is 5.86.